The number of fused-ring (bicyclic) bond motifs is 2. The molecule has 13 heteroatoms. The minimum Gasteiger partial charge on any atom is -0.368 e. The molecule has 0 unspecified atom stereocenters. The van der Waals surface area contributed by atoms with Gasteiger partial charge in [0.05, 0.1) is 6.04 Å². The number of rotatable bonds is 19. The number of H-pyrrole nitrogens is 2. The predicted octanol–water partition coefficient (Wildman–Crippen LogP) is 3.52. The molecule has 56 heavy (non-hydrogen) atoms. The highest BCUT2D eigenvalue weighted by atomic mass is 16.2. The average Bonchev–Trinajstić information content (AvgIpc) is 3.77. The lowest BCUT2D eigenvalue weighted by Gasteiger charge is -2.27. The predicted molar refractivity (Wildman–Crippen MR) is 218 cm³/mol. The number of hydrogen-bond donors (Lipinski definition) is 8. The Kier molecular flexibility index (Phi) is 14.0. The lowest BCUT2D eigenvalue weighted by atomic mass is 9.98. The second kappa shape index (κ2) is 19.1. The van der Waals surface area contributed by atoms with Crippen LogP contribution in [-0.4, -0.2) is 69.7 Å². The van der Waals surface area contributed by atoms with Crippen molar-refractivity contribution in [1.29, 1.82) is 0 Å². The van der Waals surface area contributed by atoms with Gasteiger partial charge in [0.2, 0.25) is 29.5 Å². The third kappa shape index (κ3) is 11.1. The van der Waals surface area contributed by atoms with Crippen LogP contribution in [-0.2, 0) is 43.2 Å². The van der Waals surface area contributed by atoms with Gasteiger partial charge in [0.1, 0.15) is 24.2 Å². The van der Waals surface area contributed by atoms with Gasteiger partial charge in [0.15, 0.2) is 0 Å². The Morgan fingerprint density at radius 1 is 0.536 bits per heavy atom. The molecule has 5 rings (SSSR count). The first-order valence-electron chi connectivity index (χ1n) is 19.2. The Bertz CT molecular complexity index is 2120. The summed E-state index contributed by atoms with van der Waals surface area (Å²) in [7, 11) is 0. The van der Waals surface area contributed by atoms with Crippen LogP contribution in [0, 0.1) is 11.8 Å². The molecular weight excluding hydrogens is 709 g/mol. The Hall–Kier alpha value is -5.95. The summed E-state index contributed by atoms with van der Waals surface area (Å²) in [5, 5.41) is 13.2. The molecule has 0 fully saturated rings. The number of benzene rings is 3. The van der Waals surface area contributed by atoms with E-state index in [4.69, 9.17) is 11.5 Å². The van der Waals surface area contributed by atoms with Gasteiger partial charge in [-0.05, 0) is 59.9 Å². The summed E-state index contributed by atoms with van der Waals surface area (Å²) in [5.74, 6) is -2.88. The number of carbonyl (C=O) groups is 5. The highest BCUT2D eigenvalue weighted by Gasteiger charge is 2.33. The van der Waals surface area contributed by atoms with E-state index in [0.29, 0.717) is 6.42 Å². The Morgan fingerprint density at radius 2 is 0.964 bits per heavy atom. The normalized spacial score (nSPS) is 14.2. The molecule has 0 aliphatic heterocycles. The fraction of sp³-hybridized carbons (Fsp3) is 0.372. The standard InChI is InChI=1S/C43H54N8O5/c1-25(2)18-35(39(45)52)48-41(54)36(19-26(3)4)50-43(56)38(22-29-24-47-34-17-11-9-15-31(29)34)51-42(55)37(20-27-12-6-5-7-13-27)49-40(53)32(44)21-28-23-46-33-16-10-8-14-30(28)33/h5-17,23-26,32,35-38,46-47H,18-22,44H2,1-4H3,(H2,45,52)(H,48,54)(H,49,53)(H,50,56)(H,51,55)/t32-,35+,36+,37+,38-/m1/s1. The molecule has 10 N–H and O–H groups in total. The first-order valence-corrected chi connectivity index (χ1v) is 19.2. The van der Waals surface area contributed by atoms with E-state index in [0.717, 1.165) is 38.5 Å². The van der Waals surface area contributed by atoms with E-state index in [1.807, 2.05) is 113 Å². The van der Waals surface area contributed by atoms with Crippen LogP contribution in [0.5, 0.6) is 0 Å². The summed E-state index contributed by atoms with van der Waals surface area (Å²) in [6.07, 6.45) is 4.64. The van der Waals surface area contributed by atoms with Gasteiger partial charge in [0, 0.05) is 47.0 Å². The molecule has 5 amide bonds. The number of amides is 5. The van der Waals surface area contributed by atoms with Crippen molar-refractivity contribution in [2.24, 2.45) is 23.3 Å². The lowest BCUT2D eigenvalue weighted by Crippen LogP contribution is -2.59. The van der Waals surface area contributed by atoms with Gasteiger partial charge in [-0.15, -0.1) is 0 Å². The van der Waals surface area contributed by atoms with Crippen molar-refractivity contribution in [2.45, 2.75) is 90.0 Å². The van der Waals surface area contributed by atoms with E-state index in [1.54, 1.807) is 6.20 Å². The number of hydrogen-bond acceptors (Lipinski definition) is 6. The molecule has 296 valence electrons. The number of para-hydroxylation sites is 2. The minimum atomic E-state index is -1.16. The molecule has 2 aromatic heterocycles. The van der Waals surface area contributed by atoms with Gasteiger partial charge in [-0.25, -0.2) is 0 Å². The van der Waals surface area contributed by atoms with Crippen molar-refractivity contribution >= 4 is 51.3 Å². The van der Waals surface area contributed by atoms with E-state index >= 15 is 0 Å². The average molecular weight is 763 g/mol. The summed E-state index contributed by atoms with van der Waals surface area (Å²) in [4.78, 5) is 74.6. The molecule has 0 saturated carbocycles. The Morgan fingerprint density at radius 3 is 1.52 bits per heavy atom. The quantitative estimate of drug-likeness (QED) is 0.0629. The van der Waals surface area contributed by atoms with Crippen molar-refractivity contribution < 1.29 is 24.0 Å². The Labute approximate surface area is 327 Å². The molecular formula is C43H54N8O5. The van der Waals surface area contributed by atoms with E-state index in [2.05, 4.69) is 31.2 Å². The SMILES string of the molecule is CC(C)C[C@H](NC(=O)[C@H](CC(C)C)NC(=O)[C@@H](Cc1c[nH]c2ccccc12)NC(=O)[C@H](Cc1ccccc1)NC(=O)[C@H](N)Cc1c[nH]c2ccccc12)C(N)=O. The largest absolute Gasteiger partial charge is 0.368 e. The summed E-state index contributed by atoms with van der Waals surface area (Å²) >= 11 is 0. The topological polar surface area (TPSA) is 217 Å². The molecule has 5 atom stereocenters. The number of aromatic amines is 2. The fourth-order valence-electron chi connectivity index (χ4n) is 6.94. The smallest absolute Gasteiger partial charge is 0.243 e. The van der Waals surface area contributed by atoms with Crippen LogP contribution < -0.4 is 32.7 Å². The van der Waals surface area contributed by atoms with Crippen molar-refractivity contribution in [3.8, 4) is 0 Å². The van der Waals surface area contributed by atoms with Crippen molar-refractivity contribution in [1.82, 2.24) is 31.2 Å². The van der Waals surface area contributed by atoms with Gasteiger partial charge in [0.25, 0.3) is 0 Å². The van der Waals surface area contributed by atoms with Crippen LogP contribution in [0.4, 0.5) is 0 Å². The van der Waals surface area contributed by atoms with E-state index in [9.17, 15) is 24.0 Å². The van der Waals surface area contributed by atoms with E-state index in [1.165, 1.54) is 0 Å². The van der Waals surface area contributed by atoms with Gasteiger partial charge >= 0.3 is 0 Å². The first-order chi connectivity index (χ1) is 26.8. The molecule has 5 aromatic rings. The van der Waals surface area contributed by atoms with Crippen LogP contribution in [0.15, 0.2) is 91.3 Å². The molecule has 0 radical (unpaired) electrons. The third-order valence-electron chi connectivity index (χ3n) is 9.81. The van der Waals surface area contributed by atoms with Crippen molar-refractivity contribution in [3.63, 3.8) is 0 Å². The molecule has 3 aromatic carbocycles. The van der Waals surface area contributed by atoms with Crippen molar-refractivity contribution in [2.75, 3.05) is 0 Å². The van der Waals surface area contributed by atoms with Gasteiger partial charge in [-0.1, -0.05) is 94.4 Å². The monoisotopic (exact) mass is 762 g/mol. The van der Waals surface area contributed by atoms with Gasteiger partial charge < -0.3 is 42.7 Å². The van der Waals surface area contributed by atoms with Crippen LogP contribution in [0.25, 0.3) is 21.8 Å². The van der Waals surface area contributed by atoms with E-state index in [-0.39, 0.29) is 37.5 Å². The van der Waals surface area contributed by atoms with Crippen LogP contribution in [0.1, 0.15) is 57.2 Å². The number of nitrogens with one attached hydrogen (secondary N) is 6. The maximum absolute atomic E-state index is 14.3. The highest BCUT2D eigenvalue weighted by Crippen LogP contribution is 2.21. The second-order valence-electron chi connectivity index (χ2n) is 15.3. The lowest BCUT2D eigenvalue weighted by molar-refractivity contribution is -0.134. The van der Waals surface area contributed by atoms with Crippen LogP contribution >= 0.6 is 0 Å². The minimum absolute atomic E-state index is 0.0104. The Balaban J connectivity index is 1.40. The molecule has 0 spiro atoms. The third-order valence-corrected chi connectivity index (χ3v) is 9.81. The van der Waals surface area contributed by atoms with Crippen LogP contribution in [0.3, 0.4) is 0 Å². The second-order valence-corrected chi connectivity index (χ2v) is 15.3. The molecule has 0 aliphatic rings. The number of nitrogens with two attached hydrogens (primary N) is 2. The van der Waals surface area contributed by atoms with Crippen molar-refractivity contribution in [3.05, 3.63) is 108 Å². The summed E-state index contributed by atoms with van der Waals surface area (Å²) in [6.45, 7) is 7.66. The number of carbonyl (C=O) groups excluding carboxylic acids is 5. The maximum atomic E-state index is 14.3. The number of primary amides is 1. The molecule has 2 heterocycles. The summed E-state index contributed by atoms with van der Waals surface area (Å²) in [5.41, 5.74) is 16.3. The number of aromatic nitrogens is 2. The molecule has 13 nitrogen and oxygen atoms in total. The zero-order valence-corrected chi connectivity index (χ0v) is 32.4. The summed E-state index contributed by atoms with van der Waals surface area (Å²) in [6, 6.07) is 19.4. The summed E-state index contributed by atoms with van der Waals surface area (Å²) < 4.78 is 0. The molecule has 0 aliphatic carbocycles. The van der Waals surface area contributed by atoms with Gasteiger partial charge in [-0.2, -0.15) is 0 Å². The fourth-order valence-corrected chi connectivity index (χ4v) is 6.94. The van der Waals surface area contributed by atoms with Gasteiger partial charge in [-0.3, -0.25) is 24.0 Å². The van der Waals surface area contributed by atoms with Crippen LogP contribution in [0.2, 0.25) is 0 Å². The molecule has 0 bridgehead atoms. The zero-order valence-electron chi connectivity index (χ0n) is 32.4. The zero-order chi connectivity index (χ0) is 40.4. The van der Waals surface area contributed by atoms with E-state index < -0.39 is 59.7 Å². The first kappa shape index (κ1) is 41.2. The highest BCUT2D eigenvalue weighted by molar-refractivity contribution is 5.96. The molecule has 0 saturated heterocycles. The maximum Gasteiger partial charge on any atom is 0.243 e.